The van der Waals surface area contributed by atoms with Gasteiger partial charge in [0.05, 0.1) is 18.5 Å². The topological polar surface area (TPSA) is 71.2 Å². The number of hydrogen-bond acceptors (Lipinski definition) is 5. The van der Waals surface area contributed by atoms with Crippen LogP contribution in [0.1, 0.15) is 53.5 Å². The second-order valence-corrected chi connectivity index (χ2v) is 7.98. The summed E-state index contributed by atoms with van der Waals surface area (Å²) in [6, 6.07) is 11.7. The van der Waals surface area contributed by atoms with Gasteiger partial charge < -0.3 is 4.74 Å². The fraction of sp³-hybridized carbons (Fsp3) is 0.375. The summed E-state index contributed by atoms with van der Waals surface area (Å²) in [7, 11) is 1.70. The van der Waals surface area contributed by atoms with Crippen LogP contribution in [0.4, 0.5) is 0 Å². The van der Waals surface area contributed by atoms with E-state index in [1.54, 1.807) is 11.5 Å². The summed E-state index contributed by atoms with van der Waals surface area (Å²) in [4.78, 5) is 19.7. The summed E-state index contributed by atoms with van der Waals surface area (Å²) >= 11 is 0. The molecule has 0 spiro atoms. The summed E-state index contributed by atoms with van der Waals surface area (Å²) in [6.07, 6.45) is 5.64. The third kappa shape index (κ3) is 4.61. The fourth-order valence-electron chi connectivity index (χ4n) is 4.12. The number of rotatable bonds is 6. The Kier molecular flexibility index (Phi) is 6.32. The highest BCUT2D eigenvalue weighted by molar-refractivity contribution is 6.01. The van der Waals surface area contributed by atoms with Crippen LogP contribution < -0.4 is 10.2 Å². The second-order valence-electron chi connectivity index (χ2n) is 7.98. The molecule has 0 atom stereocenters. The number of nitrogens with one attached hydrogen (secondary N) is 1. The summed E-state index contributed by atoms with van der Waals surface area (Å²) in [5, 5.41) is 4.36. The molecular weight excluding hydrogens is 390 g/mol. The van der Waals surface area contributed by atoms with Crippen LogP contribution in [0.2, 0.25) is 0 Å². The first kappa shape index (κ1) is 21.1. The monoisotopic (exact) mass is 419 g/mol. The summed E-state index contributed by atoms with van der Waals surface area (Å²) in [5.41, 5.74) is 7.43. The van der Waals surface area contributed by atoms with E-state index >= 15 is 0 Å². The Morgan fingerprint density at radius 3 is 2.77 bits per heavy atom. The van der Waals surface area contributed by atoms with E-state index in [1.165, 1.54) is 19.3 Å². The molecular formula is C24H29N5O2. The third-order valence-corrected chi connectivity index (χ3v) is 5.79. The van der Waals surface area contributed by atoms with E-state index < -0.39 is 0 Å². The normalized spacial score (nSPS) is 15.3. The van der Waals surface area contributed by atoms with Crippen LogP contribution in [0.5, 0.6) is 5.75 Å². The number of hydrazone groups is 1. The van der Waals surface area contributed by atoms with Crippen molar-refractivity contribution in [2.75, 3.05) is 20.2 Å². The zero-order valence-electron chi connectivity index (χ0n) is 18.4. The molecule has 1 aromatic carbocycles. The maximum Gasteiger partial charge on any atom is 0.290 e. The number of imidazole rings is 1. The number of nitrogens with zero attached hydrogens (tertiary/aromatic N) is 4. The molecule has 3 heterocycles. The quantitative estimate of drug-likeness (QED) is 0.487. The first-order valence-electron chi connectivity index (χ1n) is 10.7. The number of hydrogen-bond donors (Lipinski definition) is 1. The van der Waals surface area contributed by atoms with Gasteiger partial charge in [-0.3, -0.25) is 14.1 Å². The van der Waals surface area contributed by atoms with Crippen LogP contribution in [0.15, 0.2) is 47.7 Å². The molecule has 1 N–H and O–H groups in total. The van der Waals surface area contributed by atoms with Gasteiger partial charge >= 0.3 is 0 Å². The highest BCUT2D eigenvalue weighted by atomic mass is 16.5. The van der Waals surface area contributed by atoms with Crippen LogP contribution >= 0.6 is 0 Å². The van der Waals surface area contributed by atoms with Crippen LogP contribution in [0.25, 0.3) is 5.65 Å². The van der Waals surface area contributed by atoms with Gasteiger partial charge in [0, 0.05) is 18.3 Å². The largest absolute Gasteiger partial charge is 0.496 e. The van der Waals surface area contributed by atoms with E-state index in [9.17, 15) is 4.79 Å². The lowest BCUT2D eigenvalue weighted by atomic mass is 10.0. The Labute approximate surface area is 182 Å². The van der Waals surface area contributed by atoms with Gasteiger partial charge in [-0.05, 0) is 75.7 Å². The Bertz CT molecular complexity index is 1110. The summed E-state index contributed by atoms with van der Waals surface area (Å²) in [5.74, 6) is 0.602. The van der Waals surface area contributed by atoms with Crippen molar-refractivity contribution >= 4 is 17.3 Å². The molecule has 0 bridgehead atoms. The first-order chi connectivity index (χ1) is 15.1. The van der Waals surface area contributed by atoms with E-state index in [4.69, 9.17) is 4.74 Å². The molecule has 1 saturated heterocycles. The maximum absolute atomic E-state index is 12.8. The summed E-state index contributed by atoms with van der Waals surface area (Å²) < 4.78 is 7.35. The van der Waals surface area contributed by atoms with Crippen molar-refractivity contribution in [3.05, 3.63) is 65.1 Å². The van der Waals surface area contributed by atoms with E-state index in [-0.39, 0.29) is 5.91 Å². The molecule has 2 aromatic heterocycles. The van der Waals surface area contributed by atoms with Gasteiger partial charge in [-0.15, -0.1) is 0 Å². The molecule has 3 aromatic rings. The third-order valence-electron chi connectivity index (χ3n) is 5.79. The lowest BCUT2D eigenvalue weighted by molar-refractivity contribution is 0.0948. The number of methoxy groups -OCH3 is 1. The van der Waals surface area contributed by atoms with Crippen molar-refractivity contribution < 1.29 is 9.53 Å². The number of aromatic nitrogens is 2. The zero-order valence-corrected chi connectivity index (χ0v) is 18.4. The number of piperidine rings is 1. The average molecular weight is 420 g/mol. The predicted molar refractivity (Wildman–Crippen MR) is 122 cm³/mol. The minimum Gasteiger partial charge on any atom is -0.496 e. The average Bonchev–Trinajstić information content (AvgIpc) is 3.13. The number of likely N-dealkylation sites (tertiary alicyclic amines) is 1. The minimum absolute atomic E-state index is 0.280. The van der Waals surface area contributed by atoms with Gasteiger partial charge in [0.2, 0.25) is 0 Å². The van der Waals surface area contributed by atoms with Gasteiger partial charge in [-0.1, -0.05) is 12.5 Å². The standard InChI is InChI=1S/C24H29N5O2/c1-17(26-27-24(30)23-18(2)25-22-9-5-8-14-29(22)23)19-10-11-21(31-3)20(15-19)16-28-12-6-4-7-13-28/h5,8-11,14-15H,4,6-7,12-13,16H2,1-3H3,(H,27,30)/b26-17-. The van der Waals surface area contributed by atoms with Gasteiger partial charge in [-0.25, -0.2) is 10.4 Å². The molecule has 162 valence electrons. The van der Waals surface area contributed by atoms with Gasteiger partial charge in [0.25, 0.3) is 5.91 Å². The van der Waals surface area contributed by atoms with Crippen molar-refractivity contribution in [2.24, 2.45) is 5.10 Å². The summed E-state index contributed by atoms with van der Waals surface area (Å²) in [6.45, 7) is 6.82. The molecule has 4 rings (SSSR count). The number of benzene rings is 1. The lowest BCUT2D eigenvalue weighted by Crippen LogP contribution is -2.29. The van der Waals surface area contributed by atoms with Crippen LogP contribution in [0, 0.1) is 6.92 Å². The van der Waals surface area contributed by atoms with Gasteiger partial charge in [0.1, 0.15) is 17.1 Å². The number of aryl methyl sites for hydroxylation is 1. The molecule has 0 aliphatic carbocycles. The van der Waals surface area contributed by atoms with Crippen molar-refractivity contribution in [2.45, 2.75) is 39.7 Å². The highest BCUT2D eigenvalue weighted by Gasteiger charge is 2.17. The first-order valence-corrected chi connectivity index (χ1v) is 10.7. The maximum atomic E-state index is 12.8. The molecule has 0 radical (unpaired) electrons. The Morgan fingerprint density at radius 1 is 1.19 bits per heavy atom. The number of fused-ring (bicyclic) bond motifs is 1. The Balaban J connectivity index is 1.53. The number of amides is 1. The van der Waals surface area contributed by atoms with E-state index in [0.29, 0.717) is 11.4 Å². The van der Waals surface area contributed by atoms with E-state index in [1.807, 2.05) is 50.4 Å². The second kappa shape index (κ2) is 9.31. The van der Waals surface area contributed by atoms with Crippen LogP contribution in [0.3, 0.4) is 0 Å². The molecule has 1 aliphatic heterocycles. The van der Waals surface area contributed by atoms with Crippen LogP contribution in [-0.4, -0.2) is 46.1 Å². The minimum atomic E-state index is -0.280. The molecule has 1 aliphatic rings. The van der Waals surface area contributed by atoms with Crippen LogP contribution in [-0.2, 0) is 6.54 Å². The number of ether oxygens (including phenoxy) is 1. The zero-order chi connectivity index (χ0) is 21.8. The molecule has 1 fully saturated rings. The highest BCUT2D eigenvalue weighted by Crippen LogP contribution is 2.23. The Hall–Kier alpha value is -3.19. The Morgan fingerprint density at radius 2 is 2.00 bits per heavy atom. The smallest absolute Gasteiger partial charge is 0.290 e. The molecule has 0 saturated carbocycles. The number of carbonyl (C=O) groups excluding carboxylic acids is 1. The number of carbonyl (C=O) groups is 1. The van der Waals surface area contributed by atoms with Crippen molar-refractivity contribution in [1.82, 2.24) is 19.7 Å². The number of pyridine rings is 1. The molecule has 0 unspecified atom stereocenters. The predicted octanol–water partition coefficient (Wildman–Crippen LogP) is 3.79. The van der Waals surface area contributed by atoms with E-state index in [2.05, 4.69) is 26.5 Å². The molecule has 7 nitrogen and oxygen atoms in total. The lowest BCUT2D eigenvalue weighted by Gasteiger charge is -2.27. The van der Waals surface area contributed by atoms with Crippen molar-refractivity contribution in [3.63, 3.8) is 0 Å². The van der Waals surface area contributed by atoms with Gasteiger partial charge in [-0.2, -0.15) is 5.10 Å². The van der Waals surface area contributed by atoms with E-state index in [0.717, 1.165) is 47.9 Å². The van der Waals surface area contributed by atoms with Gasteiger partial charge in [0.15, 0.2) is 0 Å². The van der Waals surface area contributed by atoms with Crippen molar-refractivity contribution in [1.29, 1.82) is 0 Å². The molecule has 7 heteroatoms. The molecule has 31 heavy (non-hydrogen) atoms. The SMILES string of the molecule is COc1ccc(/C(C)=N\NC(=O)c2c(C)nc3ccccn23)cc1CN1CCCCC1. The fourth-order valence-corrected chi connectivity index (χ4v) is 4.12. The molecule has 1 amide bonds. The van der Waals surface area contributed by atoms with Crippen molar-refractivity contribution in [3.8, 4) is 5.75 Å².